The number of rotatable bonds is 8. The minimum absolute atomic E-state index is 0.0666. The number of aromatic nitrogens is 5. The zero-order valence-corrected chi connectivity index (χ0v) is 18.9. The molecule has 0 saturated heterocycles. The van der Waals surface area contributed by atoms with Crippen LogP contribution >= 0.6 is 23.4 Å². The second-order valence-electron chi connectivity index (χ2n) is 7.75. The van der Waals surface area contributed by atoms with Gasteiger partial charge in [-0.1, -0.05) is 61.4 Å². The Labute approximate surface area is 180 Å². The van der Waals surface area contributed by atoms with E-state index in [2.05, 4.69) is 45.7 Å². The number of methoxy groups -OCH3 is 1. The van der Waals surface area contributed by atoms with Crippen LogP contribution in [0.15, 0.2) is 33.9 Å². The second kappa shape index (κ2) is 9.28. The minimum atomic E-state index is -0.163. The summed E-state index contributed by atoms with van der Waals surface area (Å²) < 4.78 is 12.8. The quantitative estimate of drug-likeness (QED) is 0.356. The van der Waals surface area contributed by atoms with Crippen molar-refractivity contribution in [1.29, 1.82) is 0 Å². The first-order valence-electron chi connectivity index (χ1n) is 9.49. The topological polar surface area (TPSA) is 78.9 Å². The molecular formula is C20H26ClN5O2S. The van der Waals surface area contributed by atoms with Crippen molar-refractivity contribution in [2.75, 3.05) is 13.7 Å². The molecule has 2 heterocycles. The van der Waals surface area contributed by atoms with Crippen molar-refractivity contribution in [1.82, 2.24) is 24.9 Å². The summed E-state index contributed by atoms with van der Waals surface area (Å²) in [6.07, 6.45) is 0.836. The highest BCUT2D eigenvalue weighted by atomic mass is 35.5. The van der Waals surface area contributed by atoms with Crippen molar-refractivity contribution in [3.63, 3.8) is 0 Å². The van der Waals surface area contributed by atoms with Gasteiger partial charge in [0.1, 0.15) is 0 Å². The molecular weight excluding hydrogens is 410 g/mol. The van der Waals surface area contributed by atoms with Crippen LogP contribution in [0.1, 0.15) is 51.1 Å². The van der Waals surface area contributed by atoms with Crippen molar-refractivity contribution in [3.05, 3.63) is 41.0 Å². The summed E-state index contributed by atoms with van der Waals surface area (Å²) in [5, 5.41) is 14.3. The van der Waals surface area contributed by atoms with Crippen LogP contribution in [0.5, 0.6) is 0 Å². The van der Waals surface area contributed by atoms with Crippen molar-refractivity contribution >= 4 is 23.4 Å². The van der Waals surface area contributed by atoms with E-state index in [0.29, 0.717) is 29.9 Å². The first-order valence-corrected chi connectivity index (χ1v) is 10.7. The molecule has 0 fully saturated rings. The molecule has 0 aliphatic carbocycles. The summed E-state index contributed by atoms with van der Waals surface area (Å²) in [5.41, 5.74) is 0.690. The molecule has 7 nitrogen and oxygen atoms in total. The normalized spacial score (nSPS) is 13.0. The number of hydrogen-bond donors (Lipinski definition) is 0. The molecule has 0 N–H and O–H groups in total. The van der Waals surface area contributed by atoms with E-state index in [9.17, 15) is 0 Å². The van der Waals surface area contributed by atoms with Gasteiger partial charge >= 0.3 is 0 Å². The standard InChI is InChI=1S/C20H26ClN5O2S/c1-13(17-22-18(25-28-17)20(2,3)4)29-19-24-23-16(26(19)11-8-12-27-5)14-9-6-7-10-15(14)21/h6-7,9-10,13H,8,11-12H2,1-5H3/t13-/m0/s1. The third-order valence-corrected chi connectivity index (χ3v) is 5.70. The summed E-state index contributed by atoms with van der Waals surface area (Å²) in [6, 6.07) is 7.65. The molecule has 0 aliphatic heterocycles. The van der Waals surface area contributed by atoms with Crippen LogP contribution in [0.3, 0.4) is 0 Å². The molecule has 2 aromatic heterocycles. The minimum Gasteiger partial charge on any atom is -0.385 e. The molecule has 9 heteroatoms. The van der Waals surface area contributed by atoms with Gasteiger partial charge in [0, 0.05) is 31.2 Å². The van der Waals surface area contributed by atoms with Gasteiger partial charge in [-0.3, -0.25) is 0 Å². The highest BCUT2D eigenvalue weighted by Gasteiger charge is 2.25. The molecule has 29 heavy (non-hydrogen) atoms. The maximum Gasteiger partial charge on any atom is 0.239 e. The van der Waals surface area contributed by atoms with Crippen molar-refractivity contribution < 1.29 is 9.26 Å². The van der Waals surface area contributed by atoms with E-state index in [-0.39, 0.29) is 10.7 Å². The van der Waals surface area contributed by atoms with Gasteiger partial charge in [-0.05, 0) is 25.5 Å². The number of halogens is 1. The lowest BCUT2D eigenvalue weighted by Gasteiger charge is -2.12. The molecule has 0 bridgehead atoms. The zero-order chi connectivity index (χ0) is 21.0. The van der Waals surface area contributed by atoms with Gasteiger partial charge in [0.05, 0.1) is 10.3 Å². The Hall–Kier alpha value is -1.90. The number of thioether (sulfide) groups is 1. The molecule has 1 aromatic carbocycles. The summed E-state index contributed by atoms with van der Waals surface area (Å²) in [4.78, 5) is 4.56. The molecule has 3 aromatic rings. The van der Waals surface area contributed by atoms with Crippen molar-refractivity contribution in [2.45, 2.75) is 56.5 Å². The Morgan fingerprint density at radius 1 is 1.24 bits per heavy atom. The van der Waals surface area contributed by atoms with Gasteiger partial charge in [0.15, 0.2) is 16.8 Å². The molecule has 0 spiro atoms. The zero-order valence-electron chi connectivity index (χ0n) is 17.3. The van der Waals surface area contributed by atoms with Crippen LogP contribution in [-0.4, -0.2) is 38.6 Å². The fraction of sp³-hybridized carbons (Fsp3) is 0.500. The smallest absolute Gasteiger partial charge is 0.239 e. The molecule has 0 saturated carbocycles. The molecule has 0 radical (unpaired) electrons. The average Bonchev–Trinajstić information content (AvgIpc) is 3.30. The van der Waals surface area contributed by atoms with Crippen molar-refractivity contribution in [2.24, 2.45) is 0 Å². The maximum atomic E-state index is 6.40. The SMILES string of the molecule is COCCCn1c(S[C@@H](C)c2nc(C(C)(C)C)no2)nnc1-c1ccccc1Cl. The number of hydrogen-bond acceptors (Lipinski definition) is 7. The predicted octanol–water partition coefficient (Wildman–Crippen LogP) is 5.17. The monoisotopic (exact) mass is 435 g/mol. The van der Waals surface area contributed by atoms with Crippen LogP contribution in [0.25, 0.3) is 11.4 Å². The summed E-state index contributed by atoms with van der Waals surface area (Å²) in [5.74, 6) is 2.01. The lowest BCUT2D eigenvalue weighted by Crippen LogP contribution is -2.13. The summed E-state index contributed by atoms with van der Waals surface area (Å²) >= 11 is 7.94. The third kappa shape index (κ3) is 5.18. The summed E-state index contributed by atoms with van der Waals surface area (Å²) in [7, 11) is 1.70. The van der Waals surface area contributed by atoms with E-state index in [1.807, 2.05) is 31.2 Å². The van der Waals surface area contributed by atoms with Crippen LogP contribution in [0, 0.1) is 0 Å². The third-order valence-electron chi connectivity index (χ3n) is 4.30. The molecule has 3 rings (SSSR count). The van der Waals surface area contributed by atoms with Crippen LogP contribution in [0.2, 0.25) is 5.02 Å². The van der Waals surface area contributed by atoms with E-state index in [4.69, 9.17) is 20.9 Å². The molecule has 0 aliphatic rings. The van der Waals surface area contributed by atoms with E-state index >= 15 is 0 Å². The van der Waals surface area contributed by atoms with Gasteiger partial charge in [-0.25, -0.2) is 0 Å². The fourth-order valence-corrected chi connectivity index (χ4v) is 3.83. The second-order valence-corrected chi connectivity index (χ2v) is 9.47. The highest BCUT2D eigenvalue weighted by Crippen LogP contribution is 2.36. The van der Waals surface area contributed by atoms with E-state index in [1.165, 1.54) is 11.8 Å². The number of benzene rings is 1. The van der Waals surface area contributed by atoms with Crippen LogP contribution < -0.4 is 0 Å². The largest absolute Gasteiger partial charge is 0.385 e. The van der Waals surface area contributed by atoms with E-state index in [1.54, 1.807) is 7.11 Å². The first-order chi connectivity index (χ1) is 13.8. The lowest BCUT2D eigenvalue weighted by atomic mass is 9.96. The Balaban J connectivity index is 1.88. The molecule has 0 amide bonds. The van der Waals surface area contributed by atoms with Gasteiger partial charge in [-0.15, -0.1) is 10.2 Å². The van der Waals surface area contributed by atoms with Crippen molar-refractivity contribution in [3.8, 4) is 11.4 Å². The Bertz CT molecular complexity index is 950. The van der Waals surface area contributed by atoms with Gasteiger partial charge < -0.3 is 13.8 Å². The first kappa shape index (κ1) is 21.8. The Kier molecular flexibility index (Phi) is 6.97. The molecule has 0 unspecified atom stereocenters. The molecule has 156 valence electrons. The van der Waals surface area contributed by atoms with Gasteiger partial charge in [0.2, 0.25) is 5.89 Å². The Morgan fingerprint density at radius 3 is 2.66 bits per heavy atom. The van der Waals surface area contributed by atoms with E-state index in [0.717, 1.165) is 23.0 Å². The van der Waals surface area contributed by atoms with Gasteiger partial charge in [0.25, 0.3) is 0 Å². The van der Waals surface area contributed by atoms with Crippen LogP contribution in [0.4, 0.5) is 0 Å². The number of nitrogens with zero attached hydrogens (tertiary/aromatic N) is 5. The van der Waals surface area contributed by atoms with E-state index < -0.39 is 0 Å². The predicted molar refractivity (Wildman–Crippen MR) is 114 cm³/mol. The van der Waals surface area contributed by atoms with Crippen LogP contribution in [-0.2, 0) is 16.7 Å². The van der Waals surface area contributed by atoms with Gasteiger partial charge in [-0.2, -0.15) is 4.98 Å². The number of ether oxygens (including phenoxy) is 1. The average molecular weight is 436 g/mol. The summed E-state index contributed by atoms with van der Waals surface area (Å²) in [6.45, 7) is 9.56. The highest BCUT2D eigenvalue weighted by molar-refractivity contribution is 7.99. The fourth-order valence-electron chi connectivity index (χ4n) is 2.70. The Morgan fingerprint density at radius 2 is 2.00 bits per heavy atom. The lowest BCUT2D eigenvalue weighted by molar-refractivity contribution is 0.189. The molecule has 1 atom stereocenters. The maximum absolute atomic E-state index is 6.40.